The van der Waals surface area contributed by atoms with Crippen LogP contribution < -0.4 is 10.6 Å². The van der Waals surface area contributed by atoms with Crippen LogP contribution in [0, 0.1) is 6.92 Å². The lowest BCUT2D eigenvalue weighted by Gasteiger charge is -2.10. The Morgan fingerprint density at radius 2 is 1.64 bits per heavy atom. The molecule has 1 aliphatic rings. The lowest BCUT2D eigenvalue weighted by atomic mass is 10.1. The highest BCUT2D eigenvalue weighted by molar-refractivity contribution is 6.32. The van der Waals surface area contributed by atoms with Crippen LogP contribution in [0.1, 0.15) is 18.1 Å². The van der Waals surface area contributed by atoms with Crippen molar-refractivity contribution in [2.24, 2.45) is 5.10 Å². The molecular formula is C21H18N4O3. The molecule has 2 N–H and O–H groups in total. The zero-order valence-electron chi connectivity index (χ0n) is 15.4. The molecule has 1 amide bonds. The highest BCUT2D eigenvalue weighted by Crippen LogP contribution is 2.26. The number of aromatic nitrogens is 2. The van der Waals surface area contributed by atoms with Crippen molar-refractivity contribution in [3.05, 3.63) is 81.7 Å². The van der Waals surface area contributed by atoms with Crippen LogP contribution in [-0.4, -0.2) is 26.5 Å². The van der Waals surface area contributed by atoms with E-state index in [9.17, 15) is 14.7 Å². The third-order valence-corrected chi connectivity index (χ3v) is 4.55. The van der Waals surface area contributed by atoms with Gasteiger partial charge in [0.15, 0.2) is 0 Å². The predicted octanol–water partition coefficient (Wildman–Crippen LogP) is 2.99. The third kappa shape index (κ3) is 2.92. The van der Waals surface area contributed by atoms with Crippen molar-refractivity contribution >= 4 is 23.4 Å². The number of para-hydroxylation sites is 1. The molecular weight excluding hydrogens is 356 g/mol. The number of aromatic amines is 1. The summed E-state index contributed by atoms with van der Waals surface area (Å²) in [6.07, 6.45) is 1.38. The number of nitrogens with one attached hydrogen (secondary N) is 1. The van der Waals surface area contributed by atoms with Gasteiger partial charge in [-0.05, 0) is 44.2 Å². The molecule has 1 aliphatic heterocycles. The number of rotatable bonds is 3. The average Bonchev–Trinajstić information content (AvgIpc) is 3.14. The molecule has 7 heteroatoms. The van der Waals surface area contributed by atoms with E-state index in [0.717, 1.165) is 5.56 Å². The maximum Gasteiger partial charge on any atom is 0.280 e. The van der Waals surface area contributed by atoms with Crippen LogP contribution in [0.4, 0.5) is 5.69 Å². The second-order valence-electron chi connectivity index (χ2n) is 6.55. The number of hydrogen-bond donors (Lipinski definition) is 2. The number of hydrogen-bond acceptors (Lipinski definition) is 4. The van der Waals surface area contributed by atoms with Gasteiger partial charge in [-0.25, -0.2) is 4.68 Å². The Kier molecular flexibility index (Phi) is 4.19. The number of aryl methyl sites for hydroxylation is 1. The van der Waals surface area contributed by atoms with Crippen molar-refractivity contribution in [3.8, 4) is 11.6 Å². The summed E-state index contributed by atoms with van der Waals surface area (Å²) in [6.45, 7) is 3.64. The average molecular weight is 374 g/mol. The molecule has 0 aliphatic carbocycles. The molecule has 140 valence electrons. The molecule has 3 aromatic rings. The normalized spacial score (nSPS) is 15.4. The van der Waals surface area contributed by atoms with Crippen LogP contribution in [0.3, 0.4) is 0 Å². The fourth-order valence-corrected chi connectivity index (χ4v) is 3.02. The Hall–Kier alpha value is -3.87. The third-order valence-electron chi connectivity index (χ3n) is 4.55. The monoisotopic (exact) mass is 374 g/mol. The number of amides is 1. The Balaban J connectivity index is 1.74. The number of carbonyl (C=O) groups excluding carboxylic acids is 1. The van der Waals surface area contributed by atoms with Crippen molar-refractivity contribution in [3.63, 3.8) is 0 Å². The van der Waals surface area contributed by atoms with Gasteiger partial charge >= 0.3 is 0 Å². The summed E-state index contributed by atoms with van der Waals surface area (Å²) in [4.78, 5) is 25.2. The molecule has 7 nitrogen and oxygen atoms in total. The molecule has 0 fully saturated rings. The minimum atomic E-state index is -0.496. The zero-order valence-corrected chi connectivity index (χ0v) is 15.4. The zero-order chi connectivity index (χ0) is 19.8. The Morgan fingerprint density at radius 3 is 2.32 bits per heavy atom. The maximum atomic E-state index is 12.8. The van der Waals surface area contributed by atoms with Crippen LogP contribution in [0.2, 0.25) is 0 Å². The van der Waals surface area contributed by atoms with Crippen molar-refractivity contribution < 1.29 is 9.90 Å². The largest absolute Gasteiger partial charge is 0.493 e. The molecule has 0 radical (unpaired) electrons. The molecule has 1 aromatic heterocycles. The van der Waals surface area contributed by atoms with E-state index in [-0.39, 0.29) is 22.9 Å². The Morgan fingerprint density at radius 1 is 0.964 bits per heavy atom. The van der Waals surface area contributed by atoms with Gasteiger partial charge in [-0.15, -0.1) is 0 Å². The first kappa shape index (κ1) is 17.5. The van der Waals surface area contributed by atoms with E-state index < -0.39 is 5.56 Å². The molecule has 0 unspecified atom stereocenters. The van der Waals surface area contributed by atoms with E-state index in [1.807, 2.05) is 37.3 Å². The first-order valence-electron chi connectivity index (χ1n) is 8.73. The smallest absolute Gasteiger partial charge is 0.280 e. The summed E-state index contributed by atoms with van der Waals surface area (Å²) >= 11 is 0. The fourth-order valence-electron chi connectivity index (χ4n) is 3.02. The van der Waals surface area contributed by atoms with Crippen LogP contribution in [0.25, 0.3) is 11.8 Å². The lowest BCUT2D eigenvalue weighted by molar-refractivity contribution is -0.114. The maximum absolute atomic E-state index is 12.8. The van der Waals surface area contributed by atoms with Gasteiger partial charge in [-0.3, -0.25) is 14.7 Å². The first-order valence-corrected chi connectivity index (χ1v) is 8.73. The minimum Gasteiger partial charge on any atom is -0.493 e. The fraction of sp³-hybridized carbons (Fsp3) is 0.0952. The highest BCUT2D eigenvalue weighted by atomic mass is 16.3. The van der Waals surface area contributed by atoms with Crippen molar-refractivity contribution in [1.29, 1.82) is 0 Å². The number of aromatic hydroxyl groups is 1. The molecule has 0 saturated carbocycles. The van der Waals surface area contributed by atoms with Crippen LogP contribution >= 0.6 is 0 Å². The number of carbonyl (C=O) groups is 1. The van der Waals surface area contributed by atoms with Gasteiger partial charge in [0.25, 0.3) is 11.5 Å². The second-order valence-corrected chi connectivity index (χ2v) is 6.55. The lowest BCUT2D eigenvalue weighted by Crippen LogP contribution is -2.21. The van der Waals surface area contributed by atoms with E-state index in [4.69, 9.17) is 0 Å². The number of H-pyrrole nitrogens is 1. The van der Waals surface area contributed by atoms with Gasteiger partial charge < -0.3 is 5.11 Å². The van der Waals surface area contributed by atoms with Gasteiger partial charge in [0.05, 0.1) is 22.7 Å². The van der Waals surface area contributed by atoms with Crippen LogP contribution in [0.15, 0.2) is 70.1 Å². The minimum absolute atomic E-state index is 0.00777. The molecule has 0 atom stereocenters. The van der Waals surface area contributed by atoms with Gasteiger partial charge in [0.1, 0.15) is 5.56 Å². The van der Waals surface area contributed by atoms with E-state index in [1.54, 1.807) is 31.2 Å². The SMILES string of the molecule is CC1=NN(c2ccccc2)C(=O)/C1=C/c1c(O)n(-c2ccc(C)cc2)[nH]c1=O. The van der Waals surface area contributed by atoms with Crippen molar-refractivity contribution in [1.82, 2.24) is 9.78 Å². The standard InChI is InChI=1S/C21H18N4O3/c1-13-8-10-16(11-9-13)25-21(28)18(19(26)23-25)12-17-14(2)22-24(20(17)27)15-6-4-3-5-7-15/h3-12,28H,1-2H3,(H,23,26)/b17-12+. The van der Waals surface area contributed by atoms with Crippen LogP contribution in [0.5, 0.6) is 5.88 Å². The Labute approximate surface area is 160 Å². The Bertz CT molecular complexity index is 1170. The molecule has 0 spiro atoms. The van der Waals surface area contributed by atoms with Gasteiger partial charge in [0, 0.05) is 0 Å². The number of benzene rings is 2. The van der Waals surface area contributed by atoms with E-state index >= 15 is 0 Å². The van der Waals surface area contributed by atoms with E-state index in [2.05, 4.69) is 10.2 Å². The summed E-state index contributed by atoms with van der Waals surface area (Å²) in [5.74, 6) is -0.620. The summed E-state index contributed by atoms with van der Waals surface area (Å²) in [5.41, 5.74) is 2.54. The number of anilines is 1. The second kappa shape index (κ2) is 6.70. The number of nitrogens with zero attached hydrogens (tertiary/aromatic N) is 3. The quantitative estimate of drug-likeness (QED) is 0.691. The number of hydrazone groups is 1. The highest BCUT2D eigenvalue weighted by Gasteiger charge is 2.29. The molecule has 2 heterocycles. The topological polar surface area (TPSA) is 90.7 Å². The van der Waals surface area contributed by atoms with Gasteiger partial charge in [0.2, 0.25) is 5.88 Å². The molecule has 4 rings (SSSR count). The van der Waals surface area contributed by atoms with Gasteiger partial charge in [-0.2, -0.15) is 10.1 Å². The first-order chi connectivity index (χ1) is 13.5. The predicted molar refractivity (Wildman–Crippen MR) is 108 cm³/mol. The van der Waals surface area contributed by atoms with Gasteiger partial charge in [-0.1, -0.05) is 35.9 Å². The van der Waals surface area contributed by atoms with E-state index in [0.29, 0.717) is 17.1 Å². The van der Waals surface area contributed by atoms with Crippen molar-refractivity contribution in [2.75, 3.05) is 5.01 Å². The molecule has 0 saturated heterocycles. The molecule has 2 aromatic carbocycles. The van der Waals surface area contributed by atoms with Crippen molar-refractivity contribution in [2.45, 2.75) is 13.8 Å². The molecule has 0 bridgehead atoms. The van der Waals surface area contributed by atoms with E-state index in [1.165, 1.54) is 15.8 Å². The summed E-state index contributed by atoms with van der Waals surface area (Å²) in [5, 5.41) is 18.7. The summed E-state index contributed by atoms with van der Waals surface area (Å²) in [6, 6.07) is 16.3. The summed E-state index contributed by atoms with van der Waals surface area (Å²) in [7, 11) is 0. The summed E-state index contributed by atoms with van der Waals surface area (Å²) < 4.78 is 1.29. The molecule has 28 heavy (non-hydrogen) atoms. The van der Waals surface area contributed by atoms with Crippen LogP contribution in [-0.2, 0) is 4.79 Å².